The van der Waals surface area contributed by atoms with Crippen molar-refractivity contribution in [2.45, 2.75) is 85.0 Å². The van der Waals surface area contributed by atoms with Crippen molar-refractivity contribution in [3.05, 3.63) is 28.5 Å². The Morgan fingerprint density at radius 3 is 2.69 bits per heavy atom. The van der Waals surface area contributed by atoms with Crippen LogP contribution in [0.15, 0.2) is 12.1 Å². The van der Waals surface area contributed by atoms with Gasteiger partial charge in [-0.15, -0.1) is 0 Å². The molecule has 0 spiro atoms. The number of nitrogens with zero attached hydrogens (tertiary/aromatic N) is 1. The van der Waals surface area contributed by atoms with Crippen molar-refractivity contribution >= 4 is 11.6 Å². The molecule has 0 bridgehead atoms. The van der Waals surface area contributed by atoms with E-state index in [1.165, 1.54) is 57.8 Å². The first-order chi connectivity index (χ1) is 15.4. The van der Waals surface area contributed by atoms with E-state index in [0.717, 1.165) is 70.9 Å². The lowest BCUT2D eigenvalue weighted by atomic mass is 9.48. The molecule has 0 saturated heterocycles. The van der Waals surface area contributed by atoms with E-state index in [-0.39, 0.29) is 0 Å². The maximum atomic E-state index is 6.53. The highest BCUT2D eigenvalue weighted by Crippen LogP contribution is 2.65. The monoisotopic (exact) mass is 457 g/mol. The Morgan fingerprint density at radius 1 is 1.06 bits per heavy atom. The van der Waals surface area contributed by atoms with Crippen LogP contribution in [0.4, 0.5) is 0 Å². The van der Waals surface area contributed by atoms with Gasteiger partial charge >= 0.3 is 0 Å². The minimum absolute atomic E-state index is 0.525. The van der Waals surface area contributed by atoms with Crippen LogP contribution in [0.2, 0.25) is 5.02 Å². The van der Waals surface area contributed by atoms with E-state index in [9.17, 15) is 0 Å². The Morgan fingerprint density at radius 2 is 1.88 bits per heavy atom. The fraction of sp³-hybridized carbons (Fsp3) is 0.828. The molecule has 2 nitrogen and oxygen atoms in total. The summed E-state index contributed by atoms with van der Waals surface area (Å²) in [7, 11) is 1.88. The number of methoxy groups -OCH3 is 1. The predicted octanol–water partition coefficient (Wildman–Crippen LogP) is 7.75. The molecule has 5 rings (SSSR count). The molecular weight excluding hydrogens is 414 g/mol. The van der Waals surface area contributed by atoms with Gasteiger partial charge in [-0.1, -0.05) is 25.4 Å². The number of aromatic nitrogens is 1. The zero-order chi connectivity index (χ0) is 22.5. The van der Waals surface area contributed by atoms with E-state index in [2.05, 4.69) is 20.8 Å². The van der Waals surface area contributed by atoms with Crippen LogP contribution in [-0.4, -0.2) is 18.7 Å². The molecule has 3 heteroatoms. The molecule has 1 heterocycles. The molecule has 0 aliphatic heterocycles. The summed E-state index contributed by atoms with van der Waals surface area (Å²) in [5.41, 5.74) is 2.73. The minimum atomic E-state index is 0.525. The molecule has 0 aromatic carbocycles. The molecule has 1 aromatic rings. The average molecular weight is 458 g/mol. The van der Waals surface area contributed by atoms with Gasteiger partial charge in [-0.3, -0.25) is 4.98 Å². The van der Waals surface area contributed by atoms with Crippen molar-refractivity contribution in [3.8, 4) is 0 Å². The summed E-state index contributed by atoms with van der Waals surface area (Å²) in [5.74, 6) is 7.26. The molecule has 9 atom stereocenters. The van der Waals surface area contributed by atoms with Crippen LogP contribution in [0, 0.1) is 59.7 Å². The number of hydrogen-bond donors (Lipinski definition) is 0. The van der Waals surface area contributed by atoms with Crippen LogP contribution in [0.1, 0.15) is 83.0 Å². The van der Waals surface area contributed by atoms with Gasteiger partial charge in [0.2, 0.25) is 0 Å². The van der Waals surface area contributed by atoms with Gasteiger partial charge in [0.25, 0.3) is 0 Å². The summed E-state index contributed by atoms with van der Waals surface area (Å²) in [6, 6.07) is 4.07. The summed E-state index contributed by atoms with van der Waals surface area (Å²) in [6.45, 7) is 8.22. The number of hydrogen-bond acceptors (Lipinski definition) is 2. The van der Waals surface area contributed by atoms with Crippen molar-refractivity contribution in [1.29, 1.82) is 0 Å². The quantitative estimate of drug-likeness (QED) is 0.450. The third-order valence-electron chi connectivity index (χ3n) is 10.8. The summed E-state index contributed by atoms with van der Waals surface area (Å²) in [4.78, 5) is 4.80. The molecule has 3 unspecified atom stereocenters. The lowest BCUT2D eigenvalue weighted by molar-refractivity contribution is -0.0769. The fourth-order valence-corrected chi connectivity index (χ4v) is 9.68. The number of rotatable bonds is 5. The van der Waals surface area contributed by atoms with Crippen LogP contribution >= 0.6 is 11.6 Å². The van der Waals surface area contributed by atoms with Crippen molar-refractivity contribution in [1.82, 2.24) is 4.98 Å². The second-order valence-electron chi connectivity index (χ2n) is 12.4. The van der Waals surface area contributed by atoms with Crippen LogP contribution < -0.4 is 0 Å². The Balaban J connectivity index is 1.28. The second kappa shape index (κ2) is 9.21. The van der Waals surface area contributed by atoms with Gasteiger partial charge in [-0.05, 0) is 136 Å². The minimum Gasteiger partial charge on any atom is -0.384 e. The van der Waals surface area contributed by atoms with Crippen molar-refractivity contribution in [2.75, 3.05) is 13.7 Å². The Bertz CT molecular complexity index is 810. The van der Waals surface area contributed by atoms with Gasteiger partial charge in [-0.2, -0.15) is 0 Å². The molecule has 4 saturated carbocycles. The van der Waals surface area contributed by atoms with E-state index < -0.39 is 0 Å². The summed E-state index contributed by atoms with van der Waals surface area (Å²) < 4.78 is 5.52. The SMILES string of the molecule is COC[C@H]1CC[C@@H]2C3CC[C@@]4(C)C(CCC4[C@H](C)Cc4nc(C)ccc4Cl)[C@@H]3CC[C@@H]2C1. The molecule has 4 fully saturated rings. The first-order valence-electron chi connectivity index (χ1n) is 13.5. The van der Waals surface area contributed by atoms with Crippen LogP contribution in [0.5, 0.6) is 0 Å². The highest BCUT2D eigenvalue weighted by Gasteiger charge is 2.57. The predicted molar refractivity (Wildman–Crippen MR) is 133 cm³/mol. The van der Waals surface area contributed by atoms with E-state index >= 15 is 0 Å². The standard InChI is InChI=1S/C29H44ClNO/c1-18(15-28-27(30)12-5-19(2)31-28)25-10-11-26-24-9-7-21-16-20(17-32-4)6-8-22(21)23(24)13-14-29(25,26)3/h5,12,18,20-26H,6-11,13-17H2,1-4H3/t18-,20+,21-,22+,23?,24-,25?,26?,29-/m1/s1. The molecular formula is C29H44ClNO. The van der Waals surface area contributed by atoms with Crippen molar-refractivity contribution in [2.24, 2.45) is 52.8 Å². The summed E-state index contributed by atoms with van der Waals surface area (Å²) >= 11 is 6.53. The topological polar surface area (TPSA) is 22.1 Å². The summed E-state index contributed by atoms with van der Waals surface area (Å²) in [6.07, 6.45) is 14.2. The number of aryl methyl sites for hydroxylation is 1. The second-order valence-corrected chi connectivity index (χ2v) is 12.8. The molecule has 4 aliphatic rings. The molecule has 0 amide bonds. The molecule has 178 valence electrons. The zero-order valence-electron chi connectivity index (χ0n) is 20.8. The first kappa shape index (κ1) is 23.2. The largest absolute Gasteiger partial charge is 0.384 e. The van der Waals surface area contributed by atoms with Gasteiger partial charge in [-0.25, -0.2) is 0 Å². The zero-order valence-corrected chi connectivity index (χ0v) is 21.5. The van der Waals surface area contributed by atoms with E-state index in [1.807, 2.05) is 19.2 Å². The maximum absolute atomic E-state index is 6.53. The number of ether oxygens (including phenoxy) is 1. The third-order valence-corrected chi connectivity index (χ3v) is 11.1. The molecule has 4 aliphatic carbocycles. The van der Waals surface area contributed by atoms with Crippen LogP contribution in [0.3, 0.4) is 0 Å². The van der Waals surface area contributed by atoms with E-state index in [4.69, 9.17) is 21.3 Å². The molecule has 32 heavy (non-hydrogen) atoms. The number of fused-ring (bicyclic) bond motifs is 5. The fourth-order valence-electron chi connectivity index (χ4n) is 9.50. The first-order valence-corrected chi connectivity index (χ1v) is 13.9. The normalized spacial score (nSPS) is 42.1. The smallest absolute Gasteiger partial charge is 0.0621 e. The van der Waals surface area contributed by atoms with Gasteiger partial charge in [0.1, 0.15) is 0 Å². The Kier molecular flexibility index (Phi) is 6.67. The number of halogens is 1. The lowest BCUT2D eigenvalue weighted by Gasteiger charge is -2.57. The average Bonchev–Trinajstić information content (AvgIpc) is 3.13. The van der Waals surface area contributed by atoms with Crippen molar-refractivity contribution in [3.63, 3.8) is 0 Å². The van der Waals surface area contributed by atoms with Crippen LogP contribution in [0.25, 0.3) is 0 Å². The van der Waals surface area contributed by atoms with Gasteiger partial charge in [0, 0.05) is 19.4 Å². The van der Waals surface area contributed by atoms with E-state index in [0.29, 0.717) is 11.3 Å². The third kappa shape index (κ3) is 4.06. The lowest BCUT2D eigenvalue weighted by Crippen LogP contribution is -2.49. The van der Waals surface area contributed by atoms with Crippen molar-refractivity contribution < 1.29 is 4.74 Å². The van der Waals surface area contributed by atoms with Gasteiger partial charge < -0.3 is 4.74 Å². The van der Waals surface area contributed by atoms with E-state index in [1.54, 1.807) is 0 Å². The number of pyridine rings is 1. The van der Waals surface area contributed by atoms with Gasteiger partial charge in [0.05, 0.1) is 10.7 Å². The molecule has 0 radical (unpaired) electrons. The Hall–Kier alpha value is -0.600. The molecule has 1 aromatic heterocycles. The van der Waals surface area contributed by atoms with Crippen LogP contribution in [-0.2, 0) is 11.2 Å². The molecule has 0 N–H and O–H groups in total. The highest BCUT2D eigenvalue weighted by atomic mass is 35.5. The summed E-state index contributed by atoms with van der Waals surface area (Å²) in [5, 5.41) is 0.855. The maximum Gasteiger partial charge on any atom is 0.0621 e. The highest BCUT2D eigenvalue weighted by molar-refractivity contribution is 6.31. The Labute approximate surface area is 201 Å². The van der Waals surface area contributed by atoms with Gasteiger partial charge in [0.15, 0.2) is 0 Å².